The number of nitrogens with two attached hydrogens (primary N) is 1. The van der Waals surface area contributed by atoms with Crippen molar-refractivity contribution in [3.8, 4) is 0 Å². The van der Waals surface area contributed by atoms with Crippen molar-refractivity contribution in [2.24, 2.45) is 5.73 Å². The van der Waals surface area contributed by atoms with Gasteiger partial charge < -0.3 is 15.8 Å². The number of aliphatic hydroxyl groups excluding tert-OH is 1. The van der Waals surface area contributed by atoms with E-state index >= 15 is 0 Å². The third kappa shape index (κ3) is 3.89. The zero-order chi connectivity index (χ0) is 18.8. The molecule has 1 aromatic heterocycles. The highest BCUT2D eigenvalue weighted by Crippen LogP contribution is 2.25. The van der Waals surface area contributed by atoms with Gasteiger partial charge in [-0.15, -0.1) is 0 Å². The Hall–Kier alpha value is -2.63. The summed E-state index contributed by atoms with van der Waals surface area (Å²) >= 11 is 0. The summed E-state index contributed by atoms with van der Waals surface area (Å²) in [6.07, 6.45) is 3.26. The number of H-pyrrole nitrogens is 1. The van der Waals surface area contributed by atoms with Crippen LogP contribution in [0.1, 0.15) is 34.8 Å². The molecule has 1 atom stereocenters. The van der Waals surface area contributed by atoms with Crippen molar-refractivity contribution < 1.29 is 9.90 Å². The molecular weight excluding hydrogens is 338 g/mol. The molecule has 3 aromatic rings. The van der Waals surface area contributed by atoms with Crippen LogP contribution in [-0.4, -0.2) is 34.0 Å². The standard InChI is InChI=1S/C22H25N3O2/c23-22(27)12-21(26)16-6-5-15-7-9-25(14-18(15)11-16)10-8-17-13-24-20-4-2-1-3-19(17)20/h1-6,11,13,21,24,26H,7-10,12,14H2,(H2,23,27). The second kappa shape index (κ2) is 7.55. The number of rotatable bonds is 6. The molecule has 0 radical (unpaired) electrons. The van der Waals surface area contributed by atoms with Gasteiger partial charge in [-0.05, 0) is 41.2 Å². The van der Waals surface area contributed by atoms with Crippen molar-refractivity contribution in [1.29, 1.82) is 0 Å². The molecule has 0 spiro atoms. The maximum Gasteiger partial charge on any atom is 0.220 e. The van der Waals surface area contributed by atoms with E-state index in [1.807, 2.05) is 12.1 Å². The minimum absolute atomic E-state index is 0.0386. The quantitative estimate of drug-likeness (QED) is 0.630. The first kappa shape index (κ1) is 17.8. The number of hydrogen-bond acceptors (Lipinski definition) is 3. The van der Waals surface area contributed by atoms with Gasteiger partial charge in [-0.2, -0.15) is 0 Å². The van der Waals surface area contributed by atoms with E-state index in [9.17, 15) is 9.90 Å². The molecule has 0 saturated carbocycles. The highest BCUT2D eigenvalue weighted by Gasteiger charge is 2.19. The van der Waals surface area contributed by atoms with Crippen LogP contribution < -0.4 is 5.73 Å². The van der Waals surface area contributed by atoms with E-state index in [-0.39, 0.29) is 6.42 Å². The Bertz CT molecular complexity index is 963. The van der Waals surface area contributed by atoms with Crippen LogP contribution in [0.2, 0.25) is 0 Å². The molecule has 5 heteroatoms. The van der Waals surface area contributed by atoms with Crippen LogP contribution >= 0.6 is 0 Å². The van der Waals surface area contributed by atoms with E-state index in [4.69, 9.17) is 5.73 Å². The lowest BCUT2D eigenvalue weighted by Gasteiger charge is -2.29. The number of para-hydroxylation sites is 1. The van der Waals surface area contributed by atoms with Crippen molar-refractivity contribution in [2.75, 3.05) is 13.1 Å². The molecule has 4 N–H and O–H groups in total. The summed E-state index contributed by atoms with van der Waals surface area (Å²) in [7, 11) is 0. The van der Waals surface area contributed by atoms with Gasteiger partial charge in [-0.3, -0.25) is 9.69 Å². The van der Waals surface area contributed by atoms with Crippen molar-refractivity contribution in [3.05, 3.63) is 70.9 Å². The number of benzene rings is 2. The number of aliphatic hydroxyl groups is 1. The lowest BCUT2D eigenvalue weighted by Crippen LogP contribution is -2.32. The van der Waals surface area contributed by atoms with Crippen LogP contribution in [0.3, 0.4) is 0 Å². The predicted octanol–water partition coefficient (Wildman–Crippen LogP) is 2.68. The zero-order valence-corrected chi connectivity index (χ0v) is 15.3. The number of amides is 1. The van der Waals surface area contributed by atoms with Gasteiger partial charge in [0.05, 0.1) is 12.5 Å². The summed E-state index contributed by atoms with van der Waals surface area (Å²) < 4.78 is 0. The molecule has 1 amide bonds. The Morgan fingerprint density at radius 3 is 2.93 bits per heavy atom. The van der Waals surface area contributed by atoms with Gasteiger partial charge in [0.25, 0.3) is 0 Å². The number of fused-ring (bicyclic) bond motifs is 2. The van der Waals surface area contributed by atoms with Crippen molar-refractivity contribution in [2.45, 2.75) is 31.9 Å². The number of nitrogens with zero attached hydrogens (tertiary/aromatic N) is 1. The first-order valence-electron chi connectivity index (χ1n) is 9.45. The lowest BCUT2D eigenvalue weighted by atomic mass is 9.94. The molecule has 0 saturated heterocycles. The lowest BCUT2D eigenvalue weighted by molar-refractivity contribution is -0.119. The van der Waals surface area contributed by atoms with Crippen LogP contribution in [0.25, 0.3) is 10.9 Å². The van der Waals surface area contributed by atoms with Crippen LogP contribution in [-0.2, 0) is 24.2 Å². The number of aromatic nitrogens is 1. The van der Waals surface area contributed by atoms with Crippen molar-refractivity contribution in [3.63, 3.8) is 0 Å². The second-order valence-corrected chi connectivity index (χ2v) is 7.35. The molecular formula is C22H25N3O2. The van der Waals surface area contributed by atoms with E-state index in [0.29, 0.717) is 0 Å². The number of carbonyl (C=O) groups is 1. The summed E-state index contributed by atoms with van der Waals surface area (Å²) in [5.74, 6) is -0.486. The number of hydrogen-bond donors (Lipinski definition) is 3. The number of aromatic amines is 1. The number of nitrogens with one attached hydrogen (secondary N) is 1. The first-order valence-corrected chi connectivity index (χ1v) is 9.45. The SMILES string of the molecule is NC(=O)CC(O)c1ccc2c(c1)CN(CCc1c[nH]c3ccccc13)CC2. The number of primary amides is 1. The average molecular weight is 363 g/mol. The van der Waals surface area contributed by atoms with Gasteiger partial charge in [0.2, 0.25) is 5.91 Å². The monoisotopic (exact) mass is 363 g/mol. The Morgan fingerprint density at radius 2 is 2.07 bits per heavy atom. The normalized spacial score (nSPS) is 15.6. The Morgan fingerprint density at radius 1 is 1.22 bits per heavy atom. The molecule has 1 unspecified atom stereocenters. The summed E-state index contributed by atoms with van der Waals surface area (Å²) in [5, 5.41) is 11.5. The van der Waals surface area contributed by atoms with E-state index in [1.165, 1.54) is 27.6 Å². The third-order valence-electron chi connectivity index (χ3n) is 5.47. The second-order valence-electron chi connectivity index (χ2n) is 7.35. The average Bonchev–Trinajstić information content (AvgIpc) is 3.08. The molecule has 0 aliphatic carbocycles. The van der Waals surface area contributed by atoms with E-state index in [2.05, 4.69) is 46.4 Å². The minimum Gasteiger partial charge on any atom is -0.388 e. The molecule has 5 nitrogen and oxygen atoms in total. The molecule has 0 fully saturated rings. The Balaban J connectivity index is 1.43. The van der Waals surface area contributed by atoms with Gasteiger partial charge in [-0.1, -0.05) is 36.4 Å². The number of carbonyl (C=O) groups excluding carboxylic acids is 1. The Labute approximate surface area is 158 Å². The highest BCUT2D eigenvalue weighted by molar-refractivity contribution is 5.83. The molecule has 2 aromatic carbocycles. The van der Waals surface area contributed by atoms with Gasteiger partial charge in [0.1, 0.15) is 0 Å². The van der Waals surface area contributed by atoms with Crippen LogP contribution in [0, 0.1) is 0 Å². The largest absolute Gasteiger partial charge is 0.388 e. The summed E-state index contributed by atoms with van der Waals surface area (Å²) in [6, 6.07) is 14.4. The van der Waals surface area contributed by atoms with Gasteiger partial charge >= 0.3 is 0 Å². The molecule has 140 valence electrons. The molecule has 1 aliphatic heterocycles. The van der Waals surface area contributed by atoms with Gasteiger partial charge in [0, 0.05) is 36.7 Å². The predicted molar refractivity (Wildman–Crippen MR) is 106 cm³/mol. The fourth-order valence-electron chi connectivity index (χ4n) is 3.96. The molecule has 1 aliphatic rings. The van der Waals surface area contributed by atoms with Gasteiger partial charge in [-0.25, -0.2) is 0 Å². The fourth-order valence-corrected chi connectivity index (χ4v) is 3.96. The first-order chi connectivity index (χ1) is 13.1. The minimum atomic E-state index is -0.825. The van der Waals surface area contributed by atoms with Crippen molar-refractivity contribution in [1.82, 2.24) is 9.88 Å². The smallest absolute Gasteiger partial charge is 0.220 e. The Kier molecular flexibility index (Phi) is 4.97. The van der Waals surface area contributed by atoms with Crippen LogP contribution in [0.5, 0.6) is 0 Å². The fraction of sp³-hybridized carbons (Fsp3) is 0.318. The molecule has 2 heterocycles. The van der Waals surface area contributed by atoms with Crippen molar-refractivity contribution >= 4 is 16.8 Å². The summed E-state index contributed by atoms with van der Waals surface area (Å²) in [4.78, 5) is 16.9. The maximum atomic E-state index is 11.1. The van der Waals surface area contributed by atoms with Gasteiger partial charge in [0.15, 0.2) is 0 Å². The zero-order valence-electron chi connectivity index (χ0n) is 15.3. The van der Waals surface area contributed by atoms with Crippen LogP contribution in [0.15, 0.2) is 48.7 Å². The summed E-state index contributed by atoms with van der Waals surface area (Å²) in [5.41, 5.74) is 11.1. The molecule has 0 bridgehead atoms. The topological polar surface area (TPSA) is 82.3 Å². The summed E-state index contributed by atoms with van der Waals surface area (Å²) in [6.45, 7) is 2.91. The molecule has 4 rings (SSSR count). The van der Waals surface area contributed by atoms with E-state index < -0.39 is 12.0 Å². The molecule has 27 heavy (non-hydrogen) atoms. The van der Waals surface area contributed by atoms with E-state index in [1.54, 1.807) is 0 Å². The third-order valence-corrected chi connectivity index (χ3v) is 5.47. The highest BCUT2D eigenvalue weighted by atomic mass is 16.3. The maximum absolute atomic E-state index is 11.1. The van der Waals surface area contributed by atoms with E-state index in [0.717, 1.165) is 38.0 Å². The van der Waals surface area contributed by atoms with Crippen LogP contribution in [0.4, 0.5) is 0 Å².